The van der Waals surface area contributed by atoms with Gasteiger partial charge in [0, 0.05) is 11.9 Å². The molecule has 0 amide bonds. The summed E-state index contributed by atoms with van der Waals surface area (Å²) in [5, 5.41) is 7.56. The summed E-state index contributed by atoms with van der Waals surface area (Å²) in [6.45, 7) is 4.25. The van der Waals surface area contributed by atoms with Crippen LogP contribution in [-0.2, 0) is 12.6 Å². The molecule has 0 aliphatic carbocycles. The number of hydrogen-bond donors (Lipinski definition) is 0. The van der Waals surface area contributed by atoms with Gasteiger partial charge in [-0.1, -0.05) is 73.7 Å². The zero-order valence-electron chi connectivity index (χ0n) is 15.1. The molecular formula is C22H22N3P. The summed E-state index contributed by atoms with van der Waals surface area (Å²) in [5.41, 5.74) is 3.37. The fraction of sp³-hybridized carbons (Fsp3) is 0.182. The van der Waals surface area contributed by atoms with E-state index in [0.29, 0.717) is 0 Å². The Bertz CT molecular complexity index is 970. The molecule has 0 bridgehead atoms. The lowest BCUT2D eigenvalue weighted by atomic mass is 10.2. The van der Waals surface area contributed by atoms with E-state index in [1.807, 2.05) is 4.52 Å². The van der Waals surface area contributed by atoms with E-state index in [-0.39, 0.29) is 0 Å². The minimum Gasteiger partial charge on any atom is -0.218 e. The van der Waals surface area contributed by atoms with Crippen molar-refractivity contribution in [2.75, 3.05) is 0 Å². The van der Waals surface area contributed by atoms with Gasteiger partial charge in [-0.05, 0) is 43.5 Å². The number of aromatic nitrogens is 3. The van der Waals surface area contributed by atoms with Crippen LogP contribution in [-0.4, -0.2) is 14.6 Å². The van der Waals surface area contributed by atoms with Gasteiger partial charge in [-0.15, -0.1) is 0 Å². The molecule has 3 nitrogen and oxygen atoms in total. The lowest BCUT2D eigenvalue weighted by Crippen LogP contribution is -2.13. The third kappa shape index (κ3) is 3.27. The maximum absolute atomic E-state index is 4.90. The smallest absolute Gasteiger partial charge is 0.159 e. The first-order valence-corrected chi connectivity index (χ1v) is 10.5. The maximum atomic E-state index is 4.90. The van der Waals surface area contributed by atoms with Crippen LogP contribution in [0.2, 0.25) is 0 Å². The van der Waals surface area contributed by atoms with E-state index in [4.69, 9.17) is 10.1 Å². The van der Waals surface area contributed by atoms with Gasteiger partial charge < -0.3 is 0 Å². The fourth-order valence-corrected chi connectivity index (χ4v) is 5.35. The normalized spacial score (nSPS) is 11.3. The number of hydrogen-bond acceptors (Lipinski definition) is 2. The highest BCUT2D eigenvalue weighted by molar-refractivity contribution is 7.72. The van der Waals surface area contributed by atoms with Gasteiger partial charge in [0.25, 0.3) is 0 Å². The van der Waals surface area contributed by atoms with Crippen LogP contribution < -0.4 is 10.6 Å². The first-order valence-electron chi connectivity index (χ1n) is 8.98. The topological polar surface area (TPSA) is 30.2 Å². The largest absolute Gasteiger partial charge is 0.218 e. The minimum absolute atomic E-state index is 0.526. The average molecular weight is 359 g/mol. The Morgan fingerprint density at radius 3 is 2.04 bits per heavy atom. The van der Waals surface area contributed by atoms with Gasteiger partial charge >= 0.3 is 0 Å². The number of nitrogens with zero attached hydrogens (tertiary/aromatic N) is 3. The molecule has 0 fully saturated rings. The van der Waals surface area contributed by atoms with E-state index in [9.17, 15) is 0 Å². The SMILES string of the molecule is CCc1ccc(C)n2nc(CP(c3ccccc3)c3ccccc3)nc12. The third-order valence-corrected chi connectivity index (χ3v) is 7.06. The van der Waals surface area contributed by atoms with E-state index in [1.165, 1.54) is 16.2 Å². The van der Waals surface area contributed by atoms with E-state index in [2.05, 4.69) is 86.6 Å². The highest BCUT2D eigenvalue weighted by atomic mass is 31.1. The number of pyridine rings is 1. The van der Waals surface area contributed by atoms with Gasteiger partial charge in [-0.2, -0.15) is 5.10 Å². The number of rotatable bonds is 5. The Labute approximate surface area is 155 Å². The van der Waals surface area contributed by atoms with E-state index in [0.717, 1.165) is 29.7 Å². The number of aryl methyl sites for hydroxylation is 2. The van der Waals surface area contributed by atoms with Crippen molar-refractivity contribution in [3.05, 3.63) is 89.9 Å². The standard InChI is InChI=1S/C22H22N3P/c1-3-18-15-14-17(2)25-22(18)23-21(24-25)16-26(19-10-6-4-7-11-19)20-12-8-5-9-13-20/h4-15H,3,16H2,1-2H3. The van der Waals surface area contributed by atoms with Crippen LogP contribution in [0.25, 0.3) is 5.65 Å². The Balaban J connectivity index is 1.77. The maximum Gasteiger partial charge on any atom is 0.159 e. The number of fused-ring (bicyclic) bond motifs is 1. The summed E-state index contributed by atoms with van der Waals surface area (Å²) in [7, 11) is -0.526. The van der Waals surface area contributed by atoms with Crippen LogP contribution >= 0.6 is 7.92 Å². The van der Waals surface area contributed by atoms with Crippen LogP contribution in [0.5, 0.6) is 0 Å². The molecule has 4 rings (SSSR count). The molecule has 0 saturated heterocycles. The van der Waals surface area contributed by atoms with Crippen LogP contribution in [0.3, 0.4) is 0 Å². The van der Waals surface area contributed by atoms with Gasteiger partial charge in [-0.25, -0.2) is 9.50 Å². The Kier molecular flexibility index (Phi) is 4.81. The van der Waals surface area contributed by atoms with Crippen molar-refractivity contribution in [2.45, 2.75) is 26.4 Å². The van der Waals surface area contributed by atoms with Gasteiger partial charge in [0.2, 0.25) is 0 Å². The van der Waals surface area contributed by atoms with Gasteiger partial charge in [-0.3, -0.25) is 0 Å². The average Bonchev–Trinajstić information content (AvgIpc) is 3.13. The summed E-state index contributed by atoms with van der Waals surface area (Å²) >= 11 is 0. The van der Waals surface area contributed by atoms with E-state index >= 15 is 0 Å². The Hall–Kier alpha value is -2.51. The molecule has 2 heterocycles. The molecule has 0 N–H and O–H groups in total. The molecule has 4 heteroatoms. The Morgan fingerprint density at radius 1 is 0.846 bits per heavy atom. The van der Waals surface area contributed by atoms with Crippen molar-refractivity contribution < 1.29 is 0 Å². The fourth-order valence-electron chi connectivity index (χ4n) is 3.21. The lowest BCUT2D eigenvalue weighted by molar-refractivity contribution is 0.879. The van der Waals surface area contributed by atoms with Crippen LogP contribution in [0.15, 0.2) is 72.8 Å². The molecule has 130 valence electrons. The second kappa shape index (κ2) is 7.39. The molecule has 0 radical (unpaired) electrons. The first kappa shape index (κ1) is 16.9. The second-order valence-corrected chi connectivity index (χ2v) is 8.58. The molecule has 0 saturated carbocycles. The van der Waals surface area contributed by atoms with Crippen LogP contribution in [0.4, 0.5) is 0 Å². The predicted octanol–water partition coefficient (Wildman–Crippen LogP) is 4.23. The molecule has 4 aromatic rings. The molecule has 0 aliphatic heterocycles. The zero-order chi connectivity index (χ0) is 17.9. The monoisotopic (exact) mass is 359 g/mol. The molecule has 2 aromatic heterocycles. The summed E-state index contributed by atoms with van der Waals surface area (Å²) in [5.74, 6) is 0.924. The van der Waals surface area contributed by atoms with Crippen LogP contribution in [0.1, 0.15) is 24.0 Å². The van der Waals surface area contributed by atoms with Gasteiger partial charge in [0.05, 0.1) is 0 Å². The molecule has 2 aromatic carbocycles. The molecule has 26 heavy (non-hydrogen) atoms. The van der Waals surface area contributed by atoms with Crippen LogP contribution in [0, 0.1) is 6.92 Å². The molecule has 0 aliphatic rings. The van der Waals surface area contributed by atoms with E-state index in [1.54, 1.807) is 0 Å². The Morgan fingerprint density at radius 2 is 1.46 bits per heavy atom. The third-order valence-electron chi connectivity index (χ3n) is 4.61. The van der Waals surface area contributed by atoms with E-state index < -0.39 is 7.92 Å². The van der Waals surface area contributed by atoms with Crippen molar-refractivity contribution >= 4 is 24.2 Å². The second-order valence-electron chi connectivity index (χ2n) is 6.37. The predicted molar refractivity (Wildman–Crippen MR) is 110 cm³/mol. The highest BCUT2D eigenvalue weighted by Crippen LogP contribution is 2.37. The minimum atomic E-state index is -0.526. The quantitative estimate of drug-likeness (QED) is 0.499. The summed E-state index contributed by atoms with van der Waals surface area (Å²) < 4.78 is 2.00. The zero-order valence-corrected chi connectivity index (χ0v) is 16.0. The van der Waals surface area contributed by atoms with Crippen molar-refractivity contribution in [1.82, 2.24) is 14.6 Å². The van der Waals surface area contributed by atoms with Crippen molar-refractivity contribution in [3.8, 4) is 0 Å². The van der Waals surface area contributed by atoms with Crippen molar-refractivity contribution in [1.29, 1.82) is 0 Å². The van der Waals surface area contributed by atoms with Gasteiger partial charge in [0.1, 0.15) is 0 Å². The van der Waals surface area contributed by atoms with Crippen molar-refractivity contribution in [2.24, 2.45) is 0 Å². The van der Waals surface area contributed by atoms with Crippen molar-refractivity contribution in [3.63, 3.8) is 0 Å². The summed E-state index contributed by atoms with van der Waals surface area (Å²) in [6, 6.07) is 25.8. The molecule has 0 atom stereocenters. The molecule has 0 spiro atoms. The summed E-state index contributed by atoms with van der Waals surface area (Å²) in [6.07, 6.45) is 1.82. The number of benzene rings is 2. The summed E-state index contributed by atoms with van der Waals surface area (Å²) in [4.78, 5) is 4.90. The highest BCUT2D eigenvalue weighted by Gasteiger charge is 2.18. The molecule has 0 unspecified atom stereocenters. The lowest BCUT2D eigenvalue weighted by Gasteiger charge is -2.17. The first-order chi connectivity index (χ1) is 12.8. The molecular weight excluding hydrogens is 337 g/mol. The van der Waals surface area contributed by atoms with Gasteiger partial charge in [0.15, 0.2) is 11.5 Å².